The van der Waals surface area contributed by atoms with E-state index in [1.165, 1.54) is 23.4 Å². The van der Waals surface area contributed by atoms with Crippen LogP contribution in [0.4, 0.5) is 4.39 Å². The molecule has 0 fully saturated rings. The summed E-state index contributed by atoms with van der Waals surface area (Å²) in [7, 11) is 0. The summed E-state index contributed by atoms with van der Waals surface area (Å²) in [4.78, 5) is 16.2. The maximum absolute atomic E-state index is 14.4. The molecule has 1 amide bonds. The smallest absolute Gasteiger partial charge is 0.282 e. The third-order valence-electron chi connectivity index (χ3n) is 4.33. The number of rotatable bonds is 6. The Balaban J connectivity index is 1.44. The first-order chi connectivity index (χ1) is 15.0. The Labute approximate surface area is 186 Å². The number of halogens is 2. The van der Waals surface area contributed by atoms with E-state index in [1.807, 2.05) is 31.2 Å². The highest BCUT2D eigenvalue weighted by Crippen LogP contribution is 2.26. The molecule has 0 aliphatic heterocycles. The molecule has 0 aliphatic rings. The van der Waals surface area contributed by atoms with Gasteiger partial charge in [0.1, 0.15) is 24.2 Å². The number of hydrogen-bond acceptors (Lipinski definition) is 6. The predicted molar refractivity (Wildman–Crippen MR) is 117 cm³/mol. The number of aryl methyl sites for hydroxylation is 1. The Morgan fingerprint density at radius 2 is 1.97 bits per heavy atom. The van der Waals surface area contributed by atoms with Crippen molar-refractivity contribution in [3.05, 3.63) is 87.6 Å². The summed E-state index contributed by atoms with van der Waals surface area (Å²) in [6, 6.07) is 12.5. The van der Waals surface area contributed by atoms with Gasteiger partial charge in [-0.15, -0.1) is 10.2 Å². The van der Waals surface area contributed by atoms with Crippen LogP contribution in [0.15, 0.2) is 55.1 Å². The van der Waals surface area contributed by atoms with Crippen LogP contribution in [0.5, 0.6) is 0 Å². The third kappa shape index (κ3) is 5.01. The van der Waals surface area contributed by atoms with E-state index in [0.717, 1.165) is 22.5 Å². The van der Waals surface area contributed by atoms with Gasteiger partial charge >= 0.3 is 0 Å². The molecule has 2 heterocycles. The van der Waals surface area contributed by atoms with Crippen molar-refractivity contribution >= 4 is 40.0 Å². The standard InChI is InChI=1S/C21H16ClFN6OS/c1-13-2-4-14(5-3-13)10-25-19(30)21-28-27-20(31-21)16(22)8-15-6-7-18(17(23)9-15)29-12-24-11-26-29/h2-9,11-12H,10H2,1H3,(H,25,30)/b16-8-. The average molecular weight is 455 g/mol. The SMILES string of the molecule is Cc1ccc(CNC(=O)c2nnc(/C(Cl)=C/c3ccc(-n4cncn4)c(F)c3)s2)cc1. The fraction of sp³-hybridized carbons (Fsp3) is 0.0952. The van der Waals surface area contributed by atoms with Crippen LogP contribution >= 0.6 is 22.9 Å². The Morgan fingerprint density at radius 3 is 2.68 bits per heavy atom. The van der Waals surface area contributed by atoms with Gasteiger partial charge in [0.05, 0.1) is 5.03 Å². The molecule has 0 unspecified atom stereocenters. The number of aromatic nitrogens is 5. The van der Waals surface area contributed by atoms with Gasteiger partial charge in [-0.05, 0) is 36.3 Å². The van der Waals surface area contributed by atoms with Crippen molar-refractivity contribution in [2.75, 3.05) is 0 Å². The fourth-order valence-corrected chi connectivity index (χ4v) is 3.66. The van der Waals surface area contributed by atoms with Gasteiger partial charge in [-0.1, -0.05) is 58.8 Å². The minimum absolute atomic E-state index is 0.196. The van der Waals surface area contributed by atoms with E-state index < -0.39 is 5.82 Å². The summed E-state index contributed by atoms with van der Waals surface area (Å²) in [5.41, 5.74) is 2.94. The summed E-state index contributed by atoms with van der Waals surface area (Å²) in [6.07, 6.45) is 4.30. The molecular weight excluding hydrogens is 439 g/mol. The van der Waals surface area contributed by atoms with Crippen LogP contribution in [0.1, 0.15) is 31.5 Å². The highest BCUT2D eigenvalue weighted by molar-refractivity contribution is 7.15. The van der Waals surface area contributed by atoms with E-state index in [1.54, 1.807) is 18.2 Å². The van der Waals surface area contributed by atoms with E-state index in [0.29, 0.717) is 17.1 Å². The van der Waals surface area contributed by atoms with Gasteiger partial charge in [0.2, 0.25) is 5.01 Å². The van der Waals surface area contributed by atoms with Crippen LogP contribution in [0.2, 0.25) is 0 Å². The molecule has 2 aromatic heterocycles. The van der Waals surface area contributed by atoms with Gasteiger partial charge < -0.3 is 5.32 Å². The molecule has 4 aromatic rings. The van der Waals surface area contributed by atoms with Crippen LogP contribution in [0.25, 0.3) is 16.8 Å². The maximum atomic E-state index is 14.4. The van der Waals surface area contributed by atoms with E-state index in [-0.39, 0.29) is 21.6 Å². The molecule has 31 heavy (non-hydrogen) atoms. The molecule has 0 spiro atoms. The summed E-state index contributed by atoms with van der Waals surface area (Å²) in [5.74, 6) is -0.811. The molecule has 4 rings (SSSR count). The van der Waals surface area contributed by atoms with Crippen LogP contribution in [-0.4, -0.2) is 30.9 Å². The zero-order valence-electron chi connectivity index (χ0n) is 16.3. The normalized spacial score (nSPS) is 11.5. The second-order valence-electron chi connectivity index (χ2n) is 6.62. The first-order valence-corrected chi connectivity index (χ1v) is 10.4. The lowest BCUT2D eigenvalue weighted by atomic mass is 10.1. The molecular formula is C21H16ClFN6OS. The van der Waals surface area contributed by atoms with Crippen LogP contribution in [-0.2, 0) is 6.54 Å². The minimum Gasteiger partial charge on any atom is -0.346 e. The van der Waals surface area contributed by atoms with Crippen molar-refractivity contribution in [3.8, 4) is 5.69 Å². The number of carbonyl (C=O) groups excluding carboxylic acids is 1. The second kappa shape index (κ2) is 9.15. The Morgan fingerprint density at radius 1 is 1.19 bits per heavy atom. The average Bonchev–Trinajstić information content (AvgIpc) is 3.46. The molecule has 0 saturated heterocycles. The van der Waals surface area contributed by atoms with Crippen molar-refractivity contribution in [2.24, 2.45) is 0 Å². The Hall–Kier alpha value is -3.43. The molecule has 0 saturated carbocycles. The van der Waals surface area contributed by atoms with Gasteiger partial charge in [-0.3, -0.25) is 4.79 Å². The van der Waals surface area contributed by atoms with Crippen LogP contribution in [0, 0.1) is 12.7 Å². The van der Waals surface area contributed by atoms with Gasteiger partial charge in [-0.25, -0.2) is 14.1 Å². The fourth-order valence-electron chi connectivity index (χ4n) is 2.71. The summed E-state index contributed by atoms with van der Waals surface area (Å²) >= 11 is 7.39. The highest BCUT2D eigenvalue weighted by Gasteiger charge is 2.15. The van der Waals surface area contributed by atoms with E-state index in [9.17, 15) is 9.18 Å². The topological polar surface area (TPSA) is 85.6 Å². The molecule has 0 aliphatic carbocycles. The maximum Gasteiger partial charge on any atom is 0.282 e. The molecule has 1 N–H and O–H groups in total. The largest absolute Gasteiger partial charge is 0.346 e. The zero-order valence-corrected chi connectivity index (χ0v) is 17.9. The molecule has 0 radical (unpaired) electrons. The first kappa shape index (κ1) is 20.8. The number of amides is 1. The molecule has 0 bridgehead atoms. The monoisotopic (exact) mass is 454 g/mol. The minimum atomic E-state index is -0.475. The summed E-state index contributed by atoms with van der Waals surface area (Å²) in [5, 5.41) is 15.4. The van der Waals surface area contributed by atoms with Crippen molar-refractivity contribution in [3.63, 3.8) is 0 Å². The zero-order chi connectivity index (χ0) is 21.8. The van der Waals surface area contributed by atoms with Crippen LogP contribution < -0.4 is 5.32 Å². The van der Waals surface area contributed by atoms with Gasteiger partial charge in [0.15, 0.2) is 5.01 Å². The Kier molecular flexibility index (Phi) is 6.15. The van der Waals surface area contributed by atoms with E-state index in [4.69, 9.17) is 11.6 Å². The second-order valence-corrected chi connectivity index (χ2v) is 8.01. The van der Waals surface area contributed by atoms with E-state index in [2.05, 4.69) is 25.6 Å². The van der Waals surface area contributed by atoms with Gasteiger partial charge in [-0.2, -0.15) is 5.10 Å². The van der Waals surface area contributed by atoms with Gasteiger partial charge in [0, 0.05) is 6.54 Å². The third-order valence-corrected chi connectivity index (χ3v) is 5.68. The molecule has 7 nitrogen and oxygen atoms in total. The van der Waals surface area contributed by atoms with E-state index >= 15 is 0 Å². The lowest BCUT2D eigenvalue weighted by Gasteiger charge is -2.03. The lowest BCUT2D eigenvalue weighted by Crippen LogP contribution is -2.22. The number of nitrogens with one attached hydrogen (secondary N) is 1. The number of hydrogen-bond donors (Lipinski definition) is 1. The predicted octanol–water partition coefficient (Wildman–Crippen LogP) is 4.23. The van der Waals surface area contributed by atoms with Gasteiger partial charge in [0.25, 0.3) is 5.91 Å². The first-order valence-electron chi connectivity index (χ1n) is 9.19. The molecule has 156 valence electrons. The molecule has 2 aromatic carbocycles. The van der Waals surface area contributed by atoms with Crippen molar-refractivity contribution < 1.29 is 9.18 Å². The summed E-state index contributed by atoms with van der Waals surface area (Å²) < 4.78 is 15.7. The highest BCUT2D eigenvalue weighted by atomic mass is 35.5. The van der Waals surface area contributed by atoms with Crippen molar-refractivity contribution in [1.82, 2.24) is 30.3 Å². The molecule has 0 atom stereocenters. The van der Waals surface area contributed by atoms with Crippen molar-refractivity contribution in [1.29, 1.82) is 0 Å². The number of carbonyl (C=O) groups is 1. The number of nitrogens with zero attached hydrogens (tertiary/aromatic N) is 5. The quantitative estimate of drug-likeness (QED) is 0.471. The van der Waals surface area contributed by atoms with Crippen LogP contribution in [0.3, 0.4) is 0 Å². The lowest BCUT2D eigenvalue weighted by molar-refractivity contribution is 0.0950. The molecule has 10 heteroatoms. The summed E-state index contributed by atoms with van der Waals surface area (Å²) in [6.45, 7) is 2.39. The number of benzene rings is 2. The Bertz CT molecular complexity index is 1240. The van der Waals surface area contributed by atoms with Crippen molar-refractivity contribution in [2.45, 2.75) is 13.5 Å².